The summed E-state index contributed by atoms with van der Waals surface area (Å²) in [6, 6.07) is 4.15. The van der Waals surface area contributed by atoms with E-state index in [0.29, 0.717) is 11.6 Å². The number of fused-ring (bicyclic) bond motifs is 1. The Labute approximate surface area is 97.9 Å². The summed E-state index contributed by atoms with van der Waals surface area (Å²) in [7, 11) is 0. The molecule has 0 amide bonds. The monoisotopic (exact) mass is 236 g/mol. The zero-order valence-electron chi connectivity index (χ0n) is 9.33. The van der Waals surface area contributed by atoms with Gasteiger partial charge in [-0.1, -0.05) is 0 Å². The quantitative estimate of drug-likeness (QED) is 0.742. The Morgan fingerprint density at radius 2 is 2.19 bits per heavy atom. The highest BCUT2D eigenvalue weighted by Gasteiger charge is 2.27. The van der Waals surface area contributed by atoms with Gasteiger partial charge in [0.15, 0.2) is 5.82 Å². The van der Waals surface area contributed by atoms with E-state index in [1.54, 1.807) is 17.8 Å². The average Bonchev–Trinajstić information content (AvgIpc) is 3.02. The molecular weight excluding hydrogens is 223 g/mol. The Morgan fingerprint density at radius 3 is 2.81 bits per heavy atom. The summed E-state index contributed by atoms with van der Waals surface area (Å²) >= 11 is 1.57. The molecular formula is C12H13FN2S. The average molecular weight is 236 g/mol. The fourth-order valence-corrected chi connectivity index (χ4v) is 2.61. The second-order valence-electron chi connectivity index (χ2n) is 4.24. The number of aryl methyl sites for hydroxylation is 1. The third-order valence-electron chi connectivity index (χ3n) is 3.05. The van der Waals surface area contributed by atoms with Gasteiger partial charge >= 0.3 is 0 Å². The lowest BCUT2D eigenvalue weighted by Gasteiger charge is -2.05. The summed E-state index contributed by atoms with van der Waals surface area (Å²) in [4.78, 5) is 5.29. The molecule has 1 aromatic carbocycles. The normalized spacial score (nSPS) is 15.9. The molecule has 1 aromatic heterocycles. The van der Waals surface area contributed by atoms with E-state index in [4.69, 9.17) is 0 Å². The summed E-state index contributed by atoms with van der Waals surface area (Å²) in [6.07, 6.45) is 4.35. The van der Waals surface area contributed by atoms with E-state index in [0.717, 1.165) is 16.2 Å². The van der Waals surface area contributed by atoms with Crippen LogP contribution < -0.4 is 0 Å². The molecule has 84 valence electrons. The fraction of sp³-hybridized carbons (Fsp3) is 0.417. The Morgan fingerprint density at radius 1 is 1.44 bits per heavy atom. The van der Waals surface area contributed by atoms with Crippen LogP contribution in [0.4, 0.5) is 4.39 Å². The molecule has 4 heteroatoms. The highest BCUT2D eigenvalue weighted by molar-refractivity contribution is 7.98. The Hall–Kier alpha value is -1.03. The van der Waals surface area contributed by atoms with Gasteiger partial charge in [-0.2, -0.15) is 0 Å². The molecule has 0 bridgehead atoms. The van der Waals surface area contributed by atoms with Gasteiger partial charge < -0.3 is 4.57 Å². The van der Waals surface area contributed by atoms with Crippen LogP contribution in [0.3, 0.4) is 0 Å². The van der Waals surface area contributed by atoms with Crippen molar-refractivity contribution in [2.45, 2.75) is 30.7 Å². The van der Waals surface area contributed by atoms with Gasteiger partial charge in [-0.25, -0.2) is 9.37 Å². The number of thioether (sulfide) groups is 1. The van der Waals surface area contributed by atoms with Crippen molar-refractivity contribution in [2.24, 2.45) is 0 Å². The summed E-state index contributed by atoms with van der Waals surface area (Å²) < 4.78 is 16.0. The van der Waals surface area contributed by atoms with Crippen LogP contribution in [-0.2, 0) is 0 Å². The molecule has 3 rings (SSSR count). The Kier molecular flexibility index (Phi) is 2.21. The minimum Gasteiger partial charge on any atom is -0.325 e. The zero-order chi connectivity index (χ0) is 11.3. The number of rotatable bonds is 2. The van der Waals surface area contributed by atoms with Crippen LogP contribution >= 0.6 is 11.8 Å². The first-order valence-corrected chi connectivity index (χ1v) is 6.65. The predicted octanol–water partition coefficient (Wildman–Crippen LogP) is 3.54. The molecule has 1 heterocycles. The first-order chi connectivity index (χ1) is 7.70. The van der Waals surface area contributed by atoms with Crippen molar-refractivity contribution in [1.82, 2.24) is 9.55 Å². The van der Waals surface area contributed by atoms with Crippen LogP contribution in [0.1, 0.15) is 24.7 Å². The smallest absolute Gasteiger partial charge is 0.152 e. The molecule has 1 saturated carbocycles. The molecule has 2 aromatic rings. The number of aromatic nitrogens is 2. The molecule has 0 unspecified atom stereocenters. The van der Waals surface area contributed by atoms with Gasteiger partial charge in [-0.15, -0.1) is 11.8 Å². The van der Waals surface area contributed by atoms with Crippen molar-refractivity contribution in [1.29, 1.82) is 0 Å². The lowest BCUT2D eigenvalue weighted by molar-refractivity contribution is 0.634. The SMILES string of the molecule is CSc1cc(F)c2nc(C)n(C3CC3)c2c1. The van der Waals surface area contributed by atoms with E-state index in [9.17, 15) is 4.39 Å². The number of benzene rings is 1. The van der Waals surface area contributed by atoms with E-state index >= 15 is 0 Å². The van der Waals surface area contributed by atoms with E-state index in [-0.39, 0.29) is 5.82 Å². The molecule has 0 N–H and O–H groups in total. The maximum atomic E-state index is 13.8. The van der Waals surface area contributed by atoms with Crippen LogP contribution in [0.5, 0.6) is 0 Å². The molecule has 2 nitrogen and oxygen atoms in total. The van der Waals surface area contributed by atoms with Crippen molar-refractivity contribution in [2.75, 3.05) is 6.26 Å². The minimum atomic E-state index is -0.204. The largest absolute Gasteiger partial charge is 0.325 e. The number of halogens is 1. The summed E-state index contributed by atoms with van der Waals surface area (Å²) in [5.74, 6) is 0.721. The first kappa shape index (κ1) is 10.1. The fourth-order valence-electron chi connectivity index (χ4n) is 2.16. The number of imidazole rings is 1. The van der Waals surface area contributed by atoms with E-state index in [1.165, 1.54) is 12.8 Å². The predicted molar refractivity (Wildman–Crippen MR) is 64.5 cm³/mol. The van der Waals surface area contributed by atoms with E-state index < -0.39 is 0 Å². The summed E-state index contributed by atoms with van der Waals surface area (Å²) in [6.45, 7) is 1.95. The molecule has 0 saturated heterocycles. The van der Waals surface area contributed by atoms with Crippen LogP contribution in [-0.4, -0.2) is 15.8 Å². The van der Waals surface area contributed by atoms with E-state index in [1.807, 2.05) is 19.2 Å². The van der Waals surface area contributed by atoms with Gasteiger partial charge in [0.2, 0.25) is 0 Å². The van der Waals surface area contributed by atoms with Gasteiger partial charge in [-0.05, 0) is 38.2 Å². The molecule has 16 heavy (non-hydrogen) atoms. The first-order valence-electron chi connectivity index (χ1n) is 5.43. The molecule has 1 aliphatic rings. The number of nitrogens with zero attached hydrogens (tertiary/aromatic N) is 2. The van der Waals surface area contributed by atoms with Crippen LogP contribution in [0.25, 0.3) is 11.0 Å². The van der Waals surface area contributed by atoms with Crippen LogP contribution in [0.2, 0.25) is 0 Å². The maximum Gasteiger partial charge on any atom is 0.152 e. The lowest BCUT2D eigenvalue weighted by atomic mass is 10.3. The molecule has 1 fully saturated rings. The number of hydrogen-bond acceptors (Lipinski definition) is 2. The Balaban J connectivity index is 2.32. The number of hydrogen-bond donors (Lipinski definition) is 0. The molecule has 0 spiro atoms. The third-order valence-corrected chi connectivity index (χ3v) is 3.75. The van der Waals surface area contributed by atoms with Crippen molar-refractivity contribution in [3.05, 3.63) is 23.8 Å². The molecule has 0 aliphatic heterocycles. The van der Waals surface area contributed by atoms with Crippen molar-refractivity contribution < 1.29 is 4.39 Å². The van der Waals surface area contributed by atoms with Crippen molar-refractivity contribution in [3.63, 3.8) is 0 Å². The Bertz CT molecular complexity index is 558. The van der Waals surface area contributed by atoms with Gasteiger partial charge in [0.1, 0.15) is 11.3 Å². The van der Waals surface area contributed by atoms with E-state index in [2.05, 4.69) is 9.55 Å². The van der Waals surface area contributed by atoms with Crippen molar-refractivity contribution in [3.8, 4) is 0 Å². The summed E-state index contributed by atoms with van der Waals surface area (Å²) in [5, 5.41) is 0. The maximum absolute atomic E-state index is 13.8. The van der Waals surface area contributed by atoms with Gasteiger partial charge in [0, 0.05) is 10.9 Å². The molecule has 0 radical (unpaired) electrons. The summed E-state index contributed by atoms with van der Waals surface area (Å²) in [5.41, 5.74) is 1.46. The zero-order valence-corrected chi connectivity index (χ0v) is 10.1. The van der Waals surface area contributed by atoms with Crippen LogP contribution in [0.15, 0.2) is 17.0 Å². The van der Waals surface area contributed by atoms with Gasteiger partial charge in [0.25, 0.3) is 0 Å². The lowest BCUT2D eigenvalue weighted by Crippen LogP contribution is -1.96. The third kappa shape index (κ3) is 1.44. The second kappa shape index (κ2) is 3.48. The van der Waals surface area contributed by atoms with Crippen LogP contribution in [0, 0.1) is 12.7 Å². The van der Waals surface area contributed by atoms with Gasteiger partial charge in [-0.3, -0.25) is 0 Å². The highest BCUT2D eigenvalue weighted by Crippen LogP contribution is 2.39. The molecule has 0 atom stereocenters. The van der Waals surface area contributed by atoms with Gasteiger partial charge in [0.05, 0.1) is 5.52 Å². The minimum absolute atomic E-state index is 0.204. The standard InChI is InChI=1S/C12H13FN2S/c1-7-14-12-10(13)5-9(16-2)6-11(12)15(7)8-3-4-8/h5-6,8H,3-4H2,1-2H3. The molecule has 1 aliphatic carbocycles. The topological polar surface area (TPSA) is 17.8 Å². The highest BCUT2D eigenvalue weighted by atomic mass is 32.2. The van der Waals surface area contributed by atoms with Crippen molar-refractivity contribution >= 4 is 22.8 Å². The second-order valence-corrected chi connectivity index (χ2v) is 5.12.